The van der Waals surface area contributed by atoms with Crippen LogP contribution in [0.15, 0.2) is 28.4 Å². The predicted molar refractivity (Wildman–Crippen MR) is 140 cm³/mol. The third-order valence-electron chi connectivity index (χ3n) is 11.5. The van der Waals surface area contributed by atoms with E-state index in [2.05, 4.69) is 34.6 Å². The summed E-state index contributed by atoms with van der Waals surface area (Å²) in [7, 11) is 0. The van der Waals surface area contributed by atoms with Gasteiger partial charge in [-0.3, -0.25) is 4.79 Å². The van der Waals surface area contributed by atoms with Gasteiger partial charge in [0.05, 0.1) is 6.26 Å². The first-order valence-electron chi connectivity index (χ1n) is 14.5. The second-order valence-corrected chi connectivity index (χ2v) is 13.7. The van der Waals surface area contributed by atoms with E-state index in [1.54, 1.807) is 6.26 Å². The van der Waals surface area contributed by atoms with E-state index in [-0.39, 0.29) is 5.41 Å². The Hall–Kier alpha value is -1.31. The molecule has 2 heteroatoms. The van der Waals surface area contributed by atoms with Gasteiger partial charge in [0.2, 0.25) is 0 Å². The molecule has 0 unspecified atom stereocenters. The van der Waals surface area contributed by atoms with Gasteiger partial charge in [-0.05, 0) is 121 Å². The van der Waals surface area contributed by atoms with Gasteiger partial charge in [0.25, 0.3) is 0 Å². The van der Waals surface area contributed by atoms with E-state index in [9.17, 15) is 4.79 Å². The summed E-state index contributed by atoms with van der Waals surface area (Å²) in [6.45, 7) is 12.5. The number of fused-ring (bicyclic) bond motifs is 5. The molecule has 34 heavy (non-hydrogen) atoms. The number of furan rings is 1. The molecule has 5 rings (SSSR count). The molecule has 0 spiro atoms. The molecule has 0 aliphatic heterocycles. The van der Waals surface area contributed by atoms with Crippen LogP contribution in [0.3, 0.4) is 0 Å². The van der Waals surface area contributed by atoms with Gasteiger partial charge in [0.1, 0.15) is 5.76 Å². The highest BCUT2D eigenvalue weighted by atomic mass is 16.3. The third kappa shape index (κ3) is 4.16. The van der Waals surface area contributed by atoms with Crippen molar-refractivity contribution in [2.45, 2.75) is 105 Å². The lowest BCUT2D eigenvalue weighted by Crippen LogP contribution is -2.54. The Bertz CT molecular complexity index is 894. The van der Waals surface area contributed by atoms with E-state index in [0.717, 1.165) is 59.7 Å². The minimum atomic E-state index is 0.275. The molecule has 0 amide bonds. The molecule has 188 valence electrons. The Labute approximate surface area is 208 Å². The SMILES string of the molecule is CC(C)CCC[C@@H](C)[C@@H]1CC[C@@H]2[C@@H]3CC[C@H]4CC(=O)/C(=C\c5ccco5)C[C@]4(C)[C@@H]3CC[C@@]21C. The van der Waals surface area contributed by atoms with E-state index in [4.69, 9.17) is 4.42 Å². The molecule has 2 nitrogen and oxygen atoms in total. The zero-order valence-corrected chi connectivity index (χ0v) is 22.4. The number of Topliss-reactive ketones (excluding diaryl/α,β-unsaturated/α-hetero) is 1. The van der Waals surface area contributed by atoms with Gasteiger partial charge in [0, 0.05) is 6.42 Å². The van der Waals surface area contributed by atoms with Crippen molar-refractivity contribution < 1.29 is 9.21 Å². The van der Waals surface area contributed by atoms with Crippen molar-refractivity contribution >= 4 is 11.9 Å². The molecule has 4 aliphatic carbocycles. The Kier molecular flexibility index (Phi) is 6.66. The highest BCUT2D eigenvalue weighted by Crippen LogP contribution is 2.68. The van der Waals surface area contributed by atoms with Crippen LogP contribution in [0.5, 0.6) is 0 Å². The van der Waals surface area contributed by atoms with Gasteiger partial charge in [0.15, 0.2) is 5.78 Å². The first-order chi connectivity index (χ1) is 16.2. The average Bonchev–Trinajstić information content (AvgIpc) is 3.41. The predicted octanol–water partition coefficient (Wildman–Crippen LogP) is 8.96. The van der Waals surface area contributed by atoms with Crippen molar-refractivity contribution in [3.63, 3.8) is 0 Å². The van der Waals surface area contributed by atoms with Crippen LogP contribution in [-0.2, 0) is 4.79 Å². The van der Waals surface area contributed by atoms with E-state index >= 15 is 0 Å². The van der Waals surface area contributed by atoms with Crippen molar-refractivity contribution in [1.29, 1.82) is 0 Å². The first-order valence-corrected chi connectivity index (χ1v) is 14.5. The summed E-state index contributed by atoms with van der Waals surface area (Å²) in [4.78, 5) is 13.0. The summed E-state index contributed by atoms with van der Waals surface area (Å²) in [6.07, 6.45) is 18.0. The maximum atomic E-state index is 13.0. The maximum absolute atomic E-state index is 13.0. The molecule has 4 fully saturated rings. The van der Waals surface area contributed by atoms with Gasteiger partial charge >= 0.3 is 0 Å². The van der Waals surface area contributed by atoms with Crippen molar-refractivity contribution in [1.82, 2.24) is 0 Å². The highest BCUT2D eigenvalue weighted by molar-refractivity contribution is 6.00. The third-order valence-corrected chi connectivity index (χ3v) is 11.5. The molecule has 4 aliphatic rings. The standard InChI is InChI=1S/C32H48O2/c1-21(2)8-6-9-22(3)27-13-14-28-26-12-11-24-19-30(33)23(18-25-10-7-17-34-25)20-32(24,5)29(26)15-16-31(27,28)4/h7,10,17-18,21-22,24,26-29H,6,8-9,11-16,19-20H2,1-5H3/b23-18-/t22-,24+,26+,27+,28-,29-,31-,32+/m1/s1. The van der Waals surface area contributed by atoms with Crippen LogP contribution in [0.25, 0.3) is 6.08 Å². The van der Waals surface area contributed by atoms with Gasteiger partial charge in [-0.25, -0.2) is 0 Å². The molecule has 8 atom stereocenters. The van der Waals surface area contributed by atoms with E-state index in [1.165, 1.54) is 57.8 Å². The molecule has 0 bridgehead atoms. The number of hydrogen-bond donors (Lipinski definition) is 0. The maximum Gasteiger partial charge on any atom is 0.159 e. The Balaban J connectivity index is 1.33. The van der Waals surface area contributed by atoms with Crippen LogP contribution in [0.1, 0.15) is 111 Å². The average molecular weight is 465 g/mol. The van der Waals surface area contributed by atoms with Crippen LogP contribution >= 0.6 is 0 Å². The number of hydrogen-bond acceptors (Lipinski definition) is 2. The Morgan fingerprint density at radius 2 is 1.82 bits per heavy atom. The summed E-state index contributed by atoms with van der Waals surface area (Å²) in [5.74, 6) is 6.94. The lowest BCUT2D eigenvalue weighted by Gasteiger charge is -2.60. The highest BCUT2D eigenvalue weighted by Gasteiger charge is 2.61. The zero-order chi connectivity index (χ0) is 24.1. The fourth-order valence-electron chi connectivity index (χ4n) is 9.71. The quantitative estimate of drug-likeness (QED) is 0.393. The van der Waals surface area contributed by atoms with Crippen LogP contribution < -0.4 is 0 Å². The molecular formula is C32H48O2. The smallest absolute Gasteiger partial charge is 0.159 e. The summed E-state index contributed by atoms with van der Waals surface area (Å²) in [5.41, 5.74) is 1.84. The topological polar surface area (TPSA) is 30.2 Å². The zero-order valence-electron chi connectivity index (χ0n) is 22.4. The second kappa shape index (κ2) is 9.29. The molecular weight excluding hydrogens is 416 g/mol. The normalized spacial score (nSPS) is 41.9. The van der Waals surface area contributed by atoms with Gasteiger partial charge < -0.3 is 4.42 Å². The summed E-state index contributed by atoms with van der Waals surface area (Å²) >= 11 is 0. The minimum Gasteiger partial charge on any atom is -0.465 e. The lowest BCUT2D eigenvalue weighted by molar-refractivity contribution is -0.133. The Morgan fingerprint density at radius 1 is 1.03 bits per heavy atom. The monoisotopic (exact) mass is 464 g/mol. The number of ketones is 1. The Morgan fingerprint density at radius 3 is 2.56 bits per heavy atom. The van der Waals surface area contributed by atoms with Gasteiger partial charge in [-0.1, -0.05) is 53.9 Å². The molecule has 1 heterocycles. The number of carbonyl (C=O) groups excluding carboxylic acids is 1. The fourth-order valence-corrected chi connectivity index (χ4v) is 9.71. The molecule has 0 saturated heterocycles. The number of allylic oxidation sites excluding steroid dienone is 1. The van der Waals surface area contributed by atoms with Crippen molar-refractivity contribution in [2.75, 3.05) is 0 Å². The van der Waals surface area contributed by atoms with Crippen molar-refractivity contribution in [3.8, 4) is 0 Å². The molecule has 1 aromatic rings. The van der Waals surface area contributed by atoms with Gasteiger partial charge in [-0.2, -0.15) is 0 Å². The summed E-state index contributed by atoms with van der Waals surface area (Å²) in [5, 5.41) is 0. The fraction of sp³-hybridized carbons (Fsp3) is 0.781. The van der Waals surface area contributed by atoms with Crippen molar-refractivity contribution in [3.05, 3.63) is 29.7 Å². The number of rotatable bonds is 6. The number of carbonyl (C=O) groups is 1. The first kappa shape index (κ1) is 24.4. The van der Waals surface area contributed by atoms with Crippen molar-refractivity contribution in [2.24, 2.45) is 52.3 Å². The summed E-state index contributed by atoms with van der Waals surface area (Å²) in [6, 6.07) is 3.90. The van der Waals surface area contributed by atoms with E-state index in [1.807, 2.05) is 18.2 Å². The summed E-state index contributed by atoms with van der Waals surface area (Å²) < 4.78 is 5.58. The van der Waals surface area contributed by atoms with Crippen LogP contribution in [0.4, 0.5) is 0 Å². The van der Waals surface area contributed by atoms with E-state index in [0.29, 0.717) is 17.1 Å². The minimum absolute atomic E-state index is 0.275. The molecule has 1 aromatic heterocycles. The van der Waals surface area contributed by atoms with E-state index < -0.39 is 0 Å². The lowest BCUT2D eigenvalue weighted by atomic mass is 9.44. The molecule has 0 radical (unpaired) electrons. The molecule has 4 saturated carbocycles. The van der Waals surface area contributed by atoms with Gasteiger partial charge in [-0.15, -0.1) is 0 Å². The molecule has 0 aromatic carbocycles. The van der Waals surface area contributed by atoms with Crippen LogP contribution in [-0.4, -0.2) is 5.78 Å². The van der Waals surface area contributed by atoms with Crippen LogP contribution in [0.2, 0.25) is 0 Å². The van der Waals surface area contributed by atoms with Crippen LogP contribution in [0, 0.1) is 52.3 Å². The largest absolute Gasteiger partial charge is 0.465 e. The second-order valence-electron chi connectivity index (χ2n) is 13.7. The molecule has 0 N–H and O–H groups in total.